The molecule has 1 saturated heterocycles. The second kappa shape index (κ2) is 6.71. The lowest BCUT2D eigenvalue weighted by Gasteiger charge is -2.29. The fraction of sp³-hybridized carbons (Fsp3) is 0.312. The molecular weight excluding hydrogens is 268 g/mol. The number of hydrogen-bond donors (Lipinski definition) is 1. The second-order valence-electron chi connectivity index (χ2n) is 5.03. The maximum atomic E-state index is 12.1. The van der Waals surface area contributed by atoms with Gasteiger partial charge in [0.25, 0.3) is 0 Å². The second-order valence-corrected chi connectivity index (χ2v) is 5.03. The third-order valence-electron chi connectivity index (χ3n) is 3.54. The van der Waals surface area contributed by atoms with E-state index in [4.69, 9.17) is 10.4 Å². The molecule has 1 amide bonds. The molecule has 0 radical (unpaired) electrons. The molecular formula is C16H16N2O3. The van der Waals surface area contributed by atoms with Crippen LogP contribution in [0.5, 0.6) is 0 Å². The Morgan fingerprint density at radius 3 is 2.67 bits per heavy atom. The molecule has 1 aromatic carbocycles. The summed E-state index contributed by atoms with van der Waals surface area (Å²) in [6, 6.07) is 8.93. The van der Waals surface area contributed by atoms with Crippen molar-refractivity contribution in [3.8, 4) is 6.07 Å². The summed E-state index contributed by atoms with van der Waals surface area (Å²) in [5.74, 6) is -1.49. The summed E-state index contributed by atoms with van der Waals surface area (Å²) in [5, 5.41) is 17.7. The zero-order valence-electron chi connectivity index (χ0n) is 11.5. The third kappa shape index (κ3) is 3.93. The molecule has 1 fully saturated rings. The van der Waals surface area contributed by atoms with Crippen molar-refractivity contribution in [1.29, 1.82) is 5.26 Å². The van der Waals surface area contributed by atoms with Crippen molar-refractivity contribution in [2.24, 2.45) is 5.92 Å². The average Bonchev–Trinajstić information content (AvgIpc) is 2.53. The number of benzene rings is 1. The van der Waals surface area contributed by atoms with Crippen LogP contribution in [0.25, 0.3) is 6.08 Å². The van der Waals surface area contributed by atoms with Crippen LogP contribution in [0.4, 0.5) is 0 Å². The van der Waals surface area contributed by atoms with E-state index in [1.54, 1.807) is 35.2 Å². The van der Waals surface area contributed by atoms with E-state index in [1.165, 1.54) is 6.08 Å². The van der Waals surface area contributed by atoms with Crippen LogP contribution in [0, 0.1) is 17.2 Å². The smallest absolute Gasteiger partial charge is 0.308 e. The minimum atomic E-state index is -0.844. The number of carboxylic acid groups (broad SMARTS) is 1. The lowest BCUT2D eigenvalue weighted by Crippen LogP contribution is -2.41. The van der Waals surface area contributed by atoms with E-state index in [0.717, 1.165) is 5.56 Å². The van der Waals surface area contributed by atoms with E-state index in [1.807, 2.05) is 6.07 Å². The Labute approximate surface area is 123 Å². The first-order valence-electron chi connectivity index (χ1n) is 6.80. The predicted molar refractivity (Wildman–Crippen MR) is 77.1 cm³/mol. The van der Waals surface area contributed by atoms with Crippen LogP contribution in [0.3, 0.4) is 0 Å². The first-order valence-corrected chi connectivity index (χ1v) is 6.80. The molecule has 0 bridgehead atoms. The highest BCUT2D eigenvalue weighted by Crippen LogP contribution is 2.17. The van der Waals surface area contributed by atoms with E-state index < -0.39 is 11.9 Å². The summed E-state index contributed by atoms with van der Waals surface area (Å²) in [6.45, 7) is 0.867. The average molecular weight is 284 g/mol. The molecule has 1 aliphatic rings. The number of carbonyl (C=O) groups excluding carboxylic acids is 1. The minimum Gasteiger partial charge on any atom is -0.481 e. The van der Waals surface area contributed by atoms with E-state index in [9.17, 15) is 9.59 Å². The normalized spacial score (nSPS) is 18.4. The van der Waals surface area contributed by atoms with Crippen LogP contribution in [-0.4, -0.2) is 35.0 Å². The van der Waals surface area contributed by atoms with Gasteiger partial charge < -0.3 is 10.0 Å². The number of piperidine rings is 1. The number of amides is 1. The van der Waals surface area contributed by atoms with Gasteiger partial charge in [0.2, 0.25) is 5.91 Å². The van der Waals surface area contributed by atoms with Crippen molar-refractivity contribution in [1.82, 2.24) is 4.90 Å². The molecule has 1 heterocycles. The van der Waals surface area contributed by atoms with Crippen LogP contribution < -0.4 is 0 Å². The number of aliphatic carboxylic acids is 1. The maximum Gasteiger partial charge on any atom is 0.308 e. The summed E-state index contributed by atoms with van der Waals surface area (Å²) >= 11 is 0. The molecule has 0 unspecified atom stereocenters. The SMILES string of the molecule is N#Cc1ccc(/C=C/C(=O)N2CCC[C@@H](C(=O)O)C2)cc1. The van der Waals surface area contributed by atoms with Crippen LogP contribution in [0.1, 0.15) is 24.0 Å². The van der Waals surface area contributed by atoms with Gasteiger partial charge in [0.15, 0.2) is 0 Å². The molecule has 0 spiro atoms. The predicted octanol–water partition coefficient (Wildman–Crippen LogP) is 1.89. The summed E-state index contributed by atoms with van der Waals surface area (Å²) in [4.78, 5) is 24.6. The standard InChI is InChI=1S/C16H16N2O3/c17-10-13-5-3-12(4-6-13)7-8-15(19)18-9-1-2-14(11-18)16(20)21/h3-8,14H,1-2,9,11H2,(H,20,21)/b8-7+/t14-/m1/s1. The number of rotatable bonds is 3. The first kappa shape index (κ1) is 14.8. The number of carbonyl (C=O) groups is 2. The molecule has 1 aromatic rings. The van der Waals surface area contributed by atoms with Gasteiger partial charge in [-0.3, -0.25) is 9.59 Å². The molecule has 0 aliphatic carbocycles. The van der Waals surface area contributed by atoms with Crippen molar-refractivity contribution < 1.29 is 14.7 Å². The van der Waals surface area contributed by atoms with Crippen molar-refractivity contribution in [3.05, 3.63) is 41.5 Å². The maximum absolute atomic E-state index is 12.1. The number of carboxylic acids is 1. The van der Waals surface area contributed by atoms with Crippen molar-refractivity contribution >= 4 is 18.0 Å². The molecule has 5 nitrogen and oxygen atoms in total. The molecule has 1 atom stereocenters. The topological polar surface area (TPSA) is 81.4 Å². The molecule has 2 rings (SSSR count). The lowest BCUT2D eigenvalue weighted by atomic mass is 9.98. The summed E-state index contributed by atoms with van der Waals surface area (Å²) in [5.41, 5.74) is 1.40. The van der Waals surface area contributed by atoms with Gasteiger partial charge in [0.1, 0.15) is 0 Å². The van der Waals surface area contributed by atoms with Gasteiger partial charge in [-0.1, -0.05) is 12.1 Å². The molecule has 0 saturated carbocycles. The van der Waals surface area contributed by atoms with Crippen LogP contribution in [-0.2, 0) is 9.59 Å². The molecule has 1 aliphatic heterocycles. The molecule has 21 heavy (non-hydrogen) atoms. The monoisotopic (exact) mass is 284 g/mol. The van der Waals surface area contributed by atoms with Gasteiger partial charge in [-0.05, 0) is 36.6 Å². The number of nitriles is 1. The summed E-state index contributed by atoms with van der Waals surface area (Å²) < 4.78 is 0. The zero-order valence-corrected chi connectivity index (χ0v) is 11.5. The Morgan fingerprint density at radius 1 is 1.33 bits per heavy atom. The Hall–Kier alpha value is -2.61. The molecule has 0 aromatic heterocycles. The van der Waals surface area contributed by atoms with Gasteiger partial charge >= 0.3 is 5.97 Å². The summed E-state index contributed by atoms with van der Waals surface area (Å²) in [6.07, 6.45) is 4.46. The van der Waals surface area contributed by atoms with Gasteiger partial charge in [-0.25, -0.2) is 0 Å². The van der Waals surface area contributed by atoms with Crippen molar-refractivity contribution in [2.75, 3.05) is 13.1 Å². The lowest BCUT2D eigenvalue weighted by molar-refractivity contribution is -0.144. The molecule has 1 N–H and O–H groups in total. The molecule has 5 heteroatoms. The Balaban J connectivity index is 1.98. The zero-order chi connectivity index (χ0) is 15.2. The van der Waals surface area contributed by atoms with E-state index >= 15 is 0 Å². The third-order valence-corrected chi connectivity index (χ3v) is 3.54. The van der Waals surface area contributed by atoms with Crippen molar-refractivity contribution in [2.45, 2.75) is 12.8 Å². The number of likely N-dealkylation sites (tertiary alicyclic amines) is 1. The number of nitrogens with zero attached hydrogens (tertiary/aromatic N) is 2. The Kier molecular flexibility index (Phi) is 4.72. The largest absolute Gasteiger partial charge is 0.481 e. The van der Waals surface area contributed by atoms with Crippen LogP contribution in [0.2, 0.25) is 0 Å². The quantitative estimate of drug-likeness (QED) is 0.859. The fourth-order valence-corrected chi connectivity index (χ4v) is 2.32. The van der Waals surface area contributed by atoms with Gasteiger partial charge in [0.05, 0.1) is 17.6 Å². The van der Waals surface area contributed by atoms with Crippen molar-refractivity contribution in [3.63, 3.8) is 0 Å². The first-order chi connectivity index (χ1) is 10.1. The molecule has 108 valence electrons. The fourth-order valence-electron chi connectivity index (χ4n) is 2.32. The van der Waals surface area contributed by atoms with Crippen LogP contribution >= 0.6 is 0 Å². The van der Waals surface area contributed by atoms with Gasteiger partial charge in [-0.2, -0.15) is 5.26 Å². The van der Waals surface area contributed by atoms with Gasteiger partial charge in [-0.15, -0.1) is 0 Å². The Bertz CT molecular complexity index is 599. The highest BCUT2D eigenvalue weighted by Gasteiger charge is 2.26. The number of hydrogen-bond acceptors (Lipinski definition) is 3. The van der Waals surface area contributed by atoms with E-state index in [2.05, 4.69) is 0 Å². The Morgan fingerprint density at radius 2 is 2.05 bits per heavy atom. The van der Waals surface area contributed by atoms with E-state index in [0.29, 0.717) is 24.9 Å². The highest BCUT2D eigenvalue weighted by molar-refractivity contribution is 5.92. The minimum absolute atomic E-state index is 0.176. The van der Waals surface area contributed by atoms with E-state index in [-0.39, 0.29) is 12.5 Å². The summed E-state index contributed by atoms with van der Waals surface area (Å²) in [7, 11) is 0. The van der Waals surface area contributed by atoms with Gasteiger partial charge in [0, 0.05) is 19.2 Å². The highest BCUT2D eigenvalue weighted by atomic mass is 16.4. The van der Waals surface area contributed by atoms with Crippen LogP contribution in [0.15, 0.2) is 30.3 Å².